The molecular formula is C12H15ClN2O. The van der Waals surface area contributed by atoms with Crippen molar-refractivity contribution in [3.05, 3.63) is 28.8 Å². The van der Waals surface area contributed by atoms with Crippen molar-refractivity contribution in [2.24, 2.45) is 0 Å². The van der Waals surface area contributed by atoms with Crippen LogP contribution in [0.5, 0.6) is 0 Å². The van der Waals surface area contributed by atoms with Crippen LogP contribution in [0.3, 0.4) is 0 Å². The molecule has 1 aromatic carbocycles. The molecule has 1 rings (SSSR count). The van der Waals surface area contributed by atoms with Crippen molar-refractivity contribution in [2.75, 3.05) is 11.9 Å². The number of nitriles is 1. The molecular weight excluding hydrogens is 224 g/mol. The number of aliphatic hydroxyl groups excluding tert-OH is 1. The average molecular weight is 239 g/mol. The van der Waals surface area contributed by atoms with Gasteiger partial charge in [-0.2, -0.15) is 5.26 Å². The Bertz CT molecular complexity index is 387. The number of halogens is 1. The molecule has 1 unspecified atom stereocenters. The highest BCUT2D eigenvalue weighted by Crippen LogP contribution is 2.21. The summed E-state index contributed by atoms with van der Waals surface area (Å²) in [4.78, 5) is 0. The number of rotatable bonds is 5. The zero-order chi connectivity index (χ0) is 12.0. The molecule has 0 aromatic heterocycles. The van der Waals surface area contributed by atoms with Gasteiger partial charge in [0.05, 0.1) is 11.3 Å². The van der Waals surface area contributed by atoms with Gasteiger partial charge in [0.25, 0.3) is 0 Å². The van der Waals surface area contributed by atoms with Gasteiger partial charge in [-0.3, -0.25) is 0 Å². The van der Waals surface area contributed by atoms with E-state index >= 15 is 0 Å². The molecule has 3 nitrogen and oxygen atoms in total. The molecule has 4 heteroatoms. The predicted molar refractivity (Wildman–Crippen MR) is 65.6 cm³/mol. The maximum absolute atomic E-state index is 8.96. The molecule has 0 aliphatic heterocycles. The van der Waals surface area contributed by atoms with E-state index in [9.17, 15) is 0 Å². The molecule has 0 aliphatic rings. The predicted octanol–water partition coefficient (Wildman–Crippen LogP) is 2.78. The van der Waals surface area contributed by atoms with Crippen LogP contribution in [0.15, 0.2) is 18.2 Å². The molecule has 0 bridgehead atoms. The zero-order valence-electron chi connectivity index (χ0n) is 9.20. The van der Waals surface area contributed by atoms with Crippen LogP contribution in [0, 0.1) is 11.3 Å². The van der Waals surface area contributed by atoms with Gasteiger partial charge in [-0.15, -0.1) is 0 Å². The van der Waals surface area contributed by atoms with Crippen molar-refractivity contribution < 1.29 is 5.11 Å². The number of hydrogen-bond donors (Lipinski definition) is 2. The minimum Gasteiger partial charge on any atom is -0.396 e. The quantitative estimate of drug-likeness (QED) is 0.830. The SMILES string of the molecule is CCC(CCO)Nc1ccc(Cl)cc1C#N. The Balaban J connectivity index is 2.83. The van der Waals surface area contributed by atoms with E-state index in [0.717, 1.165) is 12.1 Å². The summed E-state index contributed by atoms with van der Waals surface area (Å²) in [5.74, 6) is 0. The lowest BCUT2D eigenvalue weighted by Gasteiger charge is -2.18. The largest absolute Gasteiger partial charge is 0.396 e. The van der Waals surface area contributed by atoms with E-state index in [1.54, 1.807) is 18.2 Å². The van der Waals surface area contributed by atoms with Gasteiger partial charge in [0, 0.05) is 17.7 Å². The monoisotopic (exact) mass is 238 g/mol. The normalized spacial score (nSPS) is 11.9. The van der Waals surface area contributed by atoms with Crippen molar-refractivity contribution >= 4 is 17.3 Å². The van der Waals surface area contributed by atoms with Crippen LogP contribution < -0.4 is 5.32 Å². The summed E-state index contributed by atoms with van der Waals surface area (Å²) in [6.07, 6.45) is 1.57. The van der Waals surface area contributed by atoms with Crippen LogP contribution in [0.4, 0.5) is 5.69 Å². The molecule has 0 radical (unpaired) electrons. The zero-order valence-corrected chi connectivity index (χ0v) is 9.96. The van der Waals surface area contributed by atoms with E-state index in [1.165, 1.54) is 0 Å². The lowest BCUT2D eigenvalue weighted by molar-refractivity contribution is 0.278. The average Bonchev–Trinajstić information content (AvgIpc) is 2.30. The van der Waals surface area contributed by atoms with Gasteiger partial charge in [-0.05, 0) is 31.0 Å². The topological polar surface area (TPSA) is 56.0 Å². The third-order valence-electron chi connectivity index (χ3n) is 2.43. The summed E-state index contributed by atoms with van der Waals surface area (Å²) in [6, 6.07) is 7.45. The first-order valence-electron chi connectivity index (χ1n) is 5.28. The number of anilines is 1. The van der Waals surface area contributed by atoms with E-state index in [0.29, 0.717) is 17.0 Å². The first-order valence-corrected chi connectivity index (χ1v) is 5.66. The highest BCUT2D eigenvalue weighted by atomic mass is 35.5. The summed E-state index contributed by atoms with van der Waals surface area (Å²) in [5.41, 5.74) is 1.30. The highest BCUT2D eigenvalue weighted by molar-refractivity contribution is 6.30. The smallest absolute Gasteiger partial charge is 0.101 e. The standard InChI is InChI=1S/C12H15ClN2O/c1-2-11(5-6-16)15-12-4-3-10(13)7-9(12)8-14/h3-4,7,11,15-16H,2,5-6H2,1H3. The van der Waals surface area contributed by atoms with Crippen LogP contribution in [-0.4, -0.2) is 17.8 Å². The molecule has 16 heavy (non-hydrogen) atoms. The summed E-state index contributed by atoms with van der Waals surface area (Å²) in [7, 11) is 0. The van der Waals surface area contributed by atoms with Crippen LogP contribution >= 0.6 is 11.6 Å². The number of nitrogens with one attached hydrogen (secondary N) is 1. The molecule has 86 valence electrons. The van der Waals surface area contributed by atoms with Crippen molar-refractivity contribution in [2.45, 2.75) is 25.8 Å². The van der Waals surface area contributed by atoms with Crippen molar-refractivity contribution in [1.82, 2.24) is 0 Å². The second-order valence-corrected chi connectivity index (χ2v) is 4.00. The molecule has 0 amide bonds. The summed E-state index contributed by atoms with van der Waals surface area (Å²) in [6.45, 7) is 2.18. The molecule has 0 heterocycles. The molecule has 0 aliphatic carbocycles. The minimum absolute atomic E-state index is 0.140. The maximum Gasteiger partial charge on any atom is 0.101 e. The third kappa shape index (κ3) is 3.41. The van der Waals surface area contributed by atoms with Gasteiger partial charge in [0.15, 0.2) is 0 Å². The number of hydrogen-bond acceptors (Lipinski definition) is 3. The van der Waals surface area contributed by atoms with Crippen LogP contribution in [0.25, 0.3) is 0 Å². The van der Waals surface area contributed by atoms with Crippen LogP contribution in [0.1, 0.15) is 25.3 Å². The first kappa shape index (κ1) is 12.8. The van der Waals surface area contributed by atoms with Crippen LogP contribution in [0.2, 0.25) is 5.02 Å². The Hall–Kier alpha value is -1.24. The number of benzene rings is 1. The lowest BCUT2D eigenvalue weighted by atomic mass is 10.1. The second kappa shape index (κ2) is 6.37. The van der Waals surface area contributed by atoms with E-state index in [1.807, 2.05) is 6.92 Å². The van der Waals surface area contributed by atoms with E-state index < -0.39 is 0 Å². The van der Waals surface area contributed by atoms with Gasteiger partial charge < -0.3 is 10.4 Å². The fourth-order valence-corrected chi connectivity index (χ4v) is 1.66. The highest BCUT2D eigenvalue weighted by Gasteiger charge is 2.08. The van der Waals surface area contributed by atoms with Crippen molar-refractivity contribution in [3.8, 4) is 6.07 Å². The molecule has 0 saturated heterocycles. The maximum atomic E-state index is 8.96. The van der Waals surface area contributed by atoms with Crippen molar-refractivity contribution in [1.29, 1.82) is 5.26 Å². The number of aliphatic hydroxyl groups is 1. The van der Waals surface area contributed by atoms with Gasteiger partial charge in [0.2, 0.25) is 0 Å². The summed E-state index contributed by atoms with van der Waals surface area (Å²) in [5, 5.41) is 21.6. The molecule has 1 atom stereocenters. The van der Waals surface area contributed by atoms with Gasteiger partial charge in [0.1, 0.15) is 6.07 Å². The fraction of sp³-hybridized carbons (Fsp3) is 0.417. The van der Waals surface area contributed by atoms with Crippen molar-refractivity contribution in [3.63, 3.8) is 0 Å². The Kier molecular flexibility index (Phi) is 5.10. The summed E-state index contributed by atoms with van der Waals surface area (Å²) >= 11 is 5.81. The molecule has 0 saturated carbocycles. The third-order valence-corrected chi connectivity index (χ3v) is 2.67. The molecule has 2 N–H and O–H groups in total. The van der Waals surface area contributed by atoms with Gasteiger partial charge in [-0.1, -0.05) is 18.5 Å². The molecule has 1 aromatic rings. The second-order valence-electron chi connectivity index (χ2n) is 3.56. The van der Waals surface area contributed by atoms with E-state index in [2.05, 4.69) is 11.4 Å². The van der Waals surface area contributed by atoms with Gasteiger partial charge >= 0.3 is 0 Å². The first-order chi connectivity index (χ1) is 7.71. The minimum atomic E-state index is 0.140. The number of nitrogens with zero attached hydrogens (tertiary/aromatic N) is 1. The van der Waals surface area contributed by atoms with E-state index in [4.69, 9.17) is 22.0 Å². The Morgan fingerprint density at radius 3 is 2.88 bits per heavy atom. The lowest BCUT2D eigenvalue weighted by Crippen LogP contribution is -2.20. The Labute approximate surface area is 101 Å². The molecule has 0 spiro atoms. The van der Waals surface area contributed by atoms with E-state index in [-0.39, 0.29) is 12.6 Å². The van der Waals surface area contributed by atoms with Gasteiger partial charge in [-0.25, -0.2) is 0 Å². The Morgan fingerprint density at radius 1 is 1.56 bits per heavy atom. The van der Waals surface area contributed by atoms with Crippen LogP contribution in [-0.2, 0) is 0 Å². The summed E-state index contributed by atoms with van der Waals surface area (Å²) < 4.78 is 0. The fourth-order valence-electron chi connectivity index (χ4n) is 1.49. The Morgan fingerprint density at radius 2 is 2.31 bits per heavy atom. The molecule has 0 fully saturated rings.